The normalized spacial score (nSPS) is 25.8. The third kappa shape index (κ3) is 2.32. The minimum absolute atomic E-state index is 0.272. The molecule has 0 spiro atoms. The van der Waals surface area contributed by atoms with E-state index in [2.05, 4.69) is 0 Å². The van der Waals surface area contributed by atoms with E-state index in [1.807, 2.05) is 11.0 Å². The zero-order valence-electron chi connectivity index (χ0n) is 9.13. The summed E-state index contributed by atoms with van der Waals surface area (Å²) < 4.78 is 25.9. The number of nitrogens with two attached hydrogens (primary N) is 1. The summed E-state index contributed by atoms with van der Waals surface area (Å²) in [6, 6.07) is 6.35. The van der Waals surface area contributed by atoms with Crippen LogP contribution < -0.4 is 10.6 Å². The molecule has 4 heteroatoms. The van der Waals surface area contributed by atoms with E-state index in [1.165, 1.54) is 12.1 Å². The fourth-order valence-corrected chi connectivity index (χ4v) is 2.16. The maximum atomic E-state index is 13.1. The van der Waals surface area contributed by atoms with Crippen LogP contribution in [0.4, 0.5) is 14.5 Å². The molecule has 0 saturated carbocycles. The molecule has 1 aromatic carbocycles. The number of halogens is 2. The van der Waals surface area contributed by atoms with E-state index >= 15 is 0 Å². The third-order valence-corrected chi connectivity index (χ3v) is 3.05. The number of rotatable bonds is 2. The highest BCUT2D eigenvalue weighted by atomic mass is 19.1. The van der Waals surface area contributed by atoms with Gasteiger partial charge in [-0.3, -0.25) is 0 Å². The monoisotopic (exact) mass is 226 g/mol. The van der Waals surface area contributed by atoms with Gasteiger partial charge in [0.2, 0.25) is 0 Å². The van der Waals surface area contributed by atoms with Crippen molar-refractivity contribution in [3.8, 4) is 0 Å². The first kappa shape index (κ1) is 11.3. The molecule has 0 amide bonds. The van der Waals surface area contributed by atoms with Gasteiger partial charge < -0.3 is 10.6 Å². The standard InChI is InChI=1S/C12H16F2N2/c13-8-12(15)5-2-6-16(9-12)11-4-1-3-10(14)7-11/h1,3-4,7H,2,5-6,8-9,15H2. The fourth-order valence-electron chi connectivity index (χ4n) is 2.16. The molecule has 1 atom stereocenters. The van der Waals surface area contributed by atoms with E-state index in [1.54, 1.807) is 6.07 Å². The van der Waals surface area contributed by atoms with Crippen LogP contribution in [0.15, 0.2) is 24.3 Å². The Morgan fingerprint density at radius 3 is 2.94 bits per heavy atom. The zero-order chi connectivity index (χ0) is 11.6. The van der Waals surface area contributed by atoms with Crippen molar-refractivity contribution in [2.75, 3.05) is 24.7 Å². The summed E-state index contributed by atoms with van der Waals surface area (Å²) in [6.07, 6.45) is 1.53. The molecule has 0 aromatic heterocycles. The fraction of sp³-hybridized carbons (Fsp3) is 0.500. The largest absolute Gasteiger partial charge is 0.370 e. The Morgan fingerprint density at radius 2 is 2.25 bits per heavy atom. The molecule has 2 nitrogen and oxygen atoms in total. The molecule has 2 rings (SSSR count). The number of nitrogens with zero attached hydrogens (tertiary/aromatic N) is 1. The molecule has 1 aromatic rings. The predicted molar refractivity (Wildman–Crippen MR) is 60.7 cm³/mol. The van der Waals surface area contributed by atoms with Crippen molar-refractivity contribution >= 4 is 5.69 Å². The second kappa shape index (κ2) is 4.37. The third-order valence-electron chi connectivity index (χ3n) is 3.05. The van der Waals surface area contributed by atoms with Crippen LogP contribution in [0.1, 0.15) is 12.8 Å². The first-order chi connectivity index (χ1) is 7.63. The van der Waals surface area contributed by atoms with Gasteiger partial charge in [-0.1, -0.05) is 6.07 Å². The molecular formula is C12H16F2N2. The van der Waals surface area contributed by atoms with Gasteiger partial charge >= 0.3 is 0 Å². The van der Waals surface area contributed by atoms with Gasteiger partial charge in [0.25, 0.3) is 0 Å². The van der Waals surface area contributed by atoms with Crippen molar-refractivity contribution in [1.29, 1.82) is 0 Å². The Hall–Kier alpha value is -1.16. The molecule has 0 aliphatic carbocycles. The van der Waals surface area contributed by atoms with Crippen LogP contribution in [0.5, 0.6) is 0 Å². The number of hydrogen-bond donors (Lipinski definition) is 1. The SMILES string of the molecule is NC1(CF)CCCN(c2cccc(F)c2)C1. The Labute approximate surface area is 94.0 Å². The number of benzene rings is 1. The highest BCUT2D eigenvalue weighted by Crippen LogP contribution is 2.25. The van der Waals surface area contributed by atoms with E-state index in [4.69, 9.17) is 5.73 Å². The van der Waals surface area contributed by atoms with Crippen LogP contribution in [-0.4, -0.2) is 25.3 Å². The minimum atomic E-state index is -0.773. The lowest BCUT2D eigenvalue weighted by atomic mass is 9.91. The van der Waals surface area contributed by atoms with Gasteiger partial charge in [0.15, 0.2) is 0 Å². The van der Waals surface area contributed by atoms with Crippen molar-refractivity contribution in [2.24, 2.45) is 5.73 Å². The molecule has 2 N–H and O–H groups in total. The van der Waals surface area contributed by atoms with Crippen LogP contribution in [0.3, 0.4) is 0 Å². The summed E-state index contributed by atoms with van der Waals surface area (Å²) in [6.45, 7) is 0.730. The molecule has 0 bridgehead atoms. The van der Waals surface area contributed by atoms with Crippen molar-refractivity contribution < 1.29 is 8.78 Å². The quantitative estimate of drug-likeness (QED) is 0.836. The molecule has 1 aliphatic heterocycles. The molecule has 1 saturated heterocycles. The van der Waals surface area contributed by atoms with Gasteiger partial charge in [-0.2, -0.15) is 0 Å². The van der Waals surface area contributed by atoms with Crippen molar-refractivity contribution in [1.82, 2.24) is 0 Å². The van der Waals surface area contributed by atoms with Crippen LogP contribution >= 0.6 is 0 Å². The van der Waals surface area contributed by atoms with Crippen LogP contribution in [-0.2, 0) is 0 Å². The van der Waals surface area contributed by atoms with Gasteiger partial charge in [0, 0.05) is 18.8 Å². The topological polar surface area (TPSA) is 29.3 Å². The first-order valence-corrected chi connectivity index (χ1v) is 5.48. The van der Waals surface area contributed by atoms with E-state index in [-0.39, 0.29) is 5.82 Å². The molecule has 16 heavy (non-hydrogen) atoms. The molecule has 1 heterocycles. The highest BCUT2D eigenvalue weighted by Gasteiger charge is 2.31. The summed E-state index contributed by atoms with van der Waals surface area (Å²) in [5.74, 6) is -0.272. The Kier molecular flexibility index (Phi) is 3.10. The summed E-state index contributed by atoms with van der Waals surface area (Å²) in [4.78, 5) is 1.95. The van der Waals surface area contributed by atoms with E-state index < -0.39 is 12.2 Å². The summed E-state index contributed by atoms with van der Waals surface area (Å²) >= 11 is 0. The van der Waals surface area contributed by atoms with Gasteiger partial charge in [-0.15, -0.1) is 0 Å². The summed E-state index contributed by atoms with van der Waals surface area (Å²) in [5, 5.41) is 0. The van der Waals surface area contributed by atoms with Crippen molar-refractivity contribution in [3.63, 3.8) is 0 Å². The number of anilines is 1. The van der Waals surface area contributed by atoms with Crippen LogP contribution in [0.2, 0.25) is 0 Å². The second-order valence-electron chi connectivity index (χ2n) is 4.50. The Morgan fingerprint density at radius 1 is 1.44 bits per heavy atom. The highest BCUT2D eigenvalue weighted by molar-refractivity contribution is 5.47. The van der Waals surface area contributed by atoms with Crippen molar-refractivity contribution in [3.05, 3.63) is 30.1 Å². The maximum Gasteiger partial charge on any atom is 0.125 e. The smallest absolute Gasteiger partial charge is 0.125 e. The van der Waals surface area contributed by atoms with Gasteiger partial charge in [0.1, 0.15) is 12.5 Å². The number of hydrogen-bond acceptors (Lipinski definition) is 2. The van der Waals surface area contributed by atoms with E-state index in [9.17, 15) is 8.78 Å². The lowest BCUT2D eigenvalue weighted by Gasteiger charge is -2.39. The maximum absolute atomic E-state index is 13.1. The van der Waals surface area contributed by atoms with Gasteiger partial charge in [-0.05, 0) is 31.0 Å². The zero-order valence-corrected chi connectivity index (χ0v) is 9.13. The molecule has 1 unspecified atom stereocenters. The van der Waals surface area contributed by atoms with E-state index in [0.29, 0.717) is 13.0 Å². The predicted octanol–water partition coefficient (Wildman–Crippen LogP) is 2.09. The lowest BCUT2D eigenvalue weighted by molar-refractivity contribution is 0.264. The average molecular weight is 226 g/mol. The molecule has 0 radical (unpaired) electrons. The van der Waals surface area contributed by atoms with Crippen LogP contribution in [0, 0.1) is 5.82 Å². The summed E-state index contributed by atoms with van der Waals surface area (Å²) in [7, 11) is 0. The summed E-state index contributed by atoms with van der Waals surface area (Å²) in [5.41, 5.74) is 5.92. The molecule has 1 fully saturated rings. The van der Waals surface area contributed by atoms with Crippen molar-refractivity contribution in [2.45, 2.75) is 18.4 Å². The first-order valence-electron chi connectivity index (χ1n) is 5.48. The molecule has 88 valence electrons. The minimum Gasteiger partial charge on any atom is -0.370 e. The molecule has 1 aliphatic rings. The lowest BCUT2D eigenvalue weighted by Crippen LogP contribution is -2.56. The number of piperidine rings is 1. The Bertz CT molecular complexity index is 370. The molecular weight excluding hydrogens is 210 g/mol. The second-order valence-corrected chi connectivity index (χ2v) is 4.50. The van der Waals surface area contributed by atoms with Gasteiger partial charge in [0.05, 0.1) is 5.54 Å². The average Bonchev–Trinajstić information content (AvgIpc) is 2.29. The Balaban J connectivity index is 2.16. The number of alkyl halides is 1. The van der Waals surface area contributed by atoms with Gasteiger partial charge in [-0.25, -0.2) is 8.78 Å². The van der Waals surface area contributed by atoms with E-state index in [0.717, 1.165) is 18.7 Å². The van der Waals surface area contributed by atoms with Crippen LogP contribution in [0.25, 0.3) is 0 Å².